The lowest BCUT2D eigenvalue weighted by Crippen LogP contribution is -2.72. The summed E-state index contributed by atoms with van der Waals surface area (Å²) in [5, 5.41) is 24.7. The average molecular weight is 579 g/mol. The standard InChI is InChI=1S/C30H40ClFN2O6/c1-29(27(35)36)24(19-32)34-25(20-39-18-16-33)30(28(37)38,26(29)22-13-7-8-14-23(22)31)15-9-2-3-10-17-40-21-11-5-4-6-12-21/h4-8,11-14,24-26,34H,2-3,9-10,15-20,33H2,1H3,(H,35,36)(H,37,38). The van der Waals surface area contributed by atoms with E-state index < -0.39 is 47.4 Å². The molecule has 5 unspecified atom stereocenters. The van der Waals surface area contributed by atoms with E-state index >= 15 is 0 Å². The van der Waals surface area contributed by atoms with E-state index in [0.29, 0.717) is 25.0 Å². The van der Waals surface area contributed by atoms with Crippen molar-refractivity contribution in [2.45, 2.75) is 57.0 Å². The Hall–Kier alpha value is -2.72. The number of hydrogen-bond donors (Lipinski definition) is 4. The molecule has 0 aromatic heterocycles. The smallest absolute Gasteiger partial charge is 0.311 e. The molecule has 1 aliphatic rings. The van der Waals surface area contributed by atoms with Crippen molar-refractivity contribution in [2.75, 3.05) is 33.0 Å². The number of rotatable bonds is 16. The van der Waals surface area contributed by atoms with Crippen molar-refractivity contribution in [2.24, 2.45) is 16.6 Å². The molecule has 1 saturated heterocycles. The molecular weight excluding hydrogens is 539 g/mol. The van der Waals surface area contributed by atoms with Gasteiger partial charge in [0.05, 0.1) is 36.7 Å². The van der Waals surface area contributed by atoms with Gasteiger partial charge in [-0.2, -0.15) is 0 Å². The van der Waals surface area contributed by atoms with Crippen LogP contribution >= 0.6 is 11.6 Å². The first-order chi connectivity index (χ1) is 19.2. The Bertz CT molecular complexity index is 1110. The van der Waals surface area contributed by atoms with E-state index in [0.717, 1.165) is 18.6 Å². The number of aliphatic carboxylic acids is 2. The van der Waals surface area contributed by atoms with Crippen LogP contribution in [0.25, 0.3) is 0 Å². The van der Waals surface area contributed by atoms with Crippen molar-refractivity contribution in [1.29, 1.82) is 0 Å². The van der Waals surface area contributed by atoms with Crippen molar-refractivity contribution >= 4 is 23.5 Å². The Balaban J connectivity index is 1.92. The van der Waals surface area contributed by atoms with E-state index in [-0.39, 0.29) is 31.2 Å². The van der Waals surface area contributed by atoms with E-state index in [1.54, 1.807) is 24.3 Å². The molecule has 1 fully saturated rings. The minimum atomic E-state index is -1.81. The average Bonchev–Trinajstić information content (AvgIpc) is 2.94. The molecule has 40 heavy (non-hydrogen) atoms. The molecule has 0 bridgehead atoms. The van der Waals surface area contributed by atoms with Gasteiger partial charge in [-0.3, -0.25) is 9.59 Å². The molecule has 2 aromatic carbocycles. The SMILES string of the molecule is CC1(C(=O)O)C(CF)NC(COCCN)C(CCCCCCOc2ccccc2)(C(=O)O)C1c1ccccc1Cl. The molecule has 0 saturated carbocycles. The maximum Gasteiger partial charge on any atom is 0.311 e. The van der Waals surface area contributed by atoms with Crippen molar-refractivity contribution in [3.63, 3.8) is 0 Å². The Morgan fingerprint density at radius 1 is 0.975 bits per heavy atom. The van der Waals surface area contributed by atoms with Crippen molar-refractivity contribution in [3.8, 4) is 5.75 Å². The summed E-state index contributed by atoms with van der Waals surface area (Å²) in [6.45, 7) is 1.28. The van der Waals surface area contributed by atoms with Gasteiger partial charge in [0.15, 0.2) is 0 Å². The second-order valence-electron chi connectivity index (χ2n) is 10.5. The van der Waals surface area contributed by atoms with Crippen LogP contribution in [0.1, 0.15) is 50.5 Å². The first-order valence-corrected chi connectivity index (χ1v) is 14.1. The van der Waals surface area contributed by atoms with Crippen LogP contribution in [0.15, 0.2) is 54.6 Å². The van der Waals surface area contributed by atoms with Gasteiger partial charge in [-0.1, -0.05) is 67.3 Å². The summed E-state index contributed by atoms with van der Waals surface area (Å²) in [6, 6.07) is 14.1. The summed E-state index contributed by atoms with van der Waals surface area (Å²) in [7, 11) is 0. The Morgan fingerprint density at radius 3 is 2.27 bits per heavy atom. The fourth-order valence-corrected chi connectivity index (χ4v) is 6.29. The van der Waals surface area contributed by atoms with E-state index in [2.05, 4.69) is 5.32 Å². The van der Waals surface area contributed by atoms with Crippen molar-refractivity contribution in [1.82, 2.24) is 5.32 Å². The van der Waals surface area contributed by atoms with Gasteiger partial charge in [0, 0.05) is 23.5 Å². The van der Waals surface area contributed by atoms with Gasteiger partial charge < -0.3 is 30.7 Å². The highest BCUT2D eigenvalue weighted by Crippen LogP contribution is 2.58. The van der Waals surface area contributed by atoms with Crippen LogP contribution < -0.4 is 15.8 Å². The van der Waals surface area contributed by atoms with Crippen molar-refractivity contribution in [3.05, 3.63) is 65.2 Å². The number of halogens is 2. The van der Waals surface area contributed by atoms with Crippen LogP contribution in [0.2, 0.25) is 5.02 Å². The molecule has 5 N–H and O–H groups in total. The highest BCUT2D eigenvalue weighted by molar-refractivity contribution is 6.31. The third kappa shape index (κ3) is 6.77. The molecule has 3 rings (SSSR count). The van der Waals surface area contributed by atoms with Gasteiger partial charge in [0.25, 0.3) is 0 Å². The zero-order chi connectivity index (χ0) is 29.2. The minimum absolute atomic E-state index is 0.0679. The quantitative estimate of drug-likeness (QED) is 0.207. The van der Waals surface area contributed by atoms with Crippen LogP contribution in [0.3, 0.4) is 0 Å². The number of alkyl halides is 1. The monoisotopic (exact) mass is 578 g/mol. The summed E-state index contributed by atoms with van der Waals surface area (Å²) in [5.74, 6) is -2.82. The molecular formula is C30H40ClFN2O6. The largest absolute Gasteiger partial charge is 0.494 e. The number of carboxylic acid groups (broad SMARTS) is 2. The number of para-hydroxylation sites is 1. The van der Waals surface area contributed by atoms with E-state index in [1.165, 1.54) is 6.92 Å². The molecule has 1 aliphatic heterocycles. The number of carbonyl (C=O) groups is 2. The lowest BCUT2D eigenvalue weighted by molar-refractivity contribution is -0.176. The third-order valence-corrected chi connectivity index (χ3v) is 8.48. The summed E-state index contributed by atoms with van der Waals surface area (Å²) in [5.41, 5.74) is 2.50. The first kappa shape index (κ1) is 31.8. The summed E-state index contributed by atoms with van der Waals surface area (Å²) >= 11 is 6.59. The molecule has 0 radical (unpaired) electrons. The third-order valence-electron chi connectivity index (χ3n) is 8.14. The normalized spacial score (nSPS) is 26.4. The summed E-state index contributed by atoms with van der Waals surface area (Å²) in [4.78, 5) is 26.3. The first-order valence-electron chi connectivity index (χ1n) is 13.7. The fourth-order valence-electron chi connectivity index (χ4n) is 6.05. The zero-order valence-corrected chi connectivity index (χ0v) is 23.6. The number of ether oxygens (including phenoxy) is 2. The summed E-state index contributed by atoms with van der Waals surface area (Å²) < 4.78 is 26.0. The van der Waals surface area contributed by atoms with Crippen LogP contribution in [-0.4, -0.2) is 67.3 Å². The Labute approximate surface area is 240 Å². The number of hydrogen-bond acceptors (Lipinski definition) is 6. The maximum atomic E-state index is 14.5. The predicted molar refractivity (Wildman–Crippen MR) is 152 cm³/mol. The summed E-state index contributed by atoms with van der Waals surface area (Å²) in [6.07, 6.45) is 2.92. The number of unbranched alkanes of at least 4 members (excludes halogenated alkanes) is 3. The lowest BCUT2D eigenvalue weighted by atomic mass is 9.50. The maximum absolute atomic E-state index is 14.5. The fraction of sp³-hybridized carbons (Fsp3) is 0.533. The van der Waals surface area contributed by atoms with Crippen molar-refractivity contribution < 1.29 is 33.7 Å². The molecule has 2 aromatic rings. The van der Waals surface area contributed by atoms with Gasteiger partial charge in [0.2, 0.25) is 0 Å². The zero-order valence-electron chi connectivity index (χ0n) is 22.9. The Morgan fingerprint density at radius 2 is 1.65 bits per heavy atom. The molecule has 10 heteroatoms. The highest BCUT2D eigenvalue weighted by atomic mass is 35.5. The van der Waals surface area contributed by atoms with E-state index in [1.807, 2.05) is 30.3 Å². The number of nitrogens with two attached hydrogens (primary N) is 1. The minimum Gasteiger partial charge on any atom is -0.494 e. The lowest BCUT2D eigenvalue weighted by Gasteiger charge is -2.57. The van der Waals surface area contributed by atoms with E-state index in [4.69, 9.17) is 26.8 Å². The molecule has 8 nitrogen and oxygen atoms in total. The predicted octanol–water partition coefficient (Wildman–Crippen LogP) is 4.90. The number of nitrogens with one attached hydrogen (secondary N) is 1. The van der Waals surface area contributed by atoms with Crippen LogP contribution in [-0.2, 0) is 14.3 Å². The van der Waals surface area contributed by atoms with Gasteiger partial charge in [0.1, 0.15) is 12.4 Å². The Kier molecular flexibility index (Phi) is 11.7. The number of piperidine rings is 1. The molecule has 0 amide bonds. The second kappa shape index (κ2) is 14.8. The molecule has 220 valence electrons. The number of benzene rings is 2. The van der Waals surface area contributed by atoms with Gasteiger partial charge >= 0.3 is 11.9 Å². The topological polar surface area (TPSA) is 131 Å². The number of carboxylic acids is 2. The van der Waals surface area contributed by atoms with Gasteiger partial charge in [-0.05, 0) is 43.5 Å². The van der Waals surface area contributed by atoms with Crippen LogP contribution in [0.4, 0.5) is 4.39 Å². The van der Waals surface area contributed by atoms with E-state index in [9.17, 15) is 24.2 Å². The van der Waals surface area contributed by atoms with Gasteiger partial charge in [-0.15, -0.1) is 0 Å². The second-order valence-corrected chi connectivity index (χ2v) is 10.9. The van der Waals surface area contributed by atoms with Gasteiger partial charge in [-0.25, -0.2) is 4.39 Å². The molecule has 0 spiro atoms. The van der Waals surface area contributed by atoms with Crippen LogP contribution in [0.5, 0.6) is 5.75 Å². The molecule has 0 aliphatic carbocycles. The molecule has 5 atom stereocenters. The highest BCUT2D eigenvalue weighted by Gasteiger charge is 2.67. The van der Waals surface area contributed by atoms with Crippen LogP contribution in [0, 0.1) is 10.8 Å². The molecule has 1 heterocycles.